The van der Waals surface area contributed by atoms with E-state index in [1.807, 2.05) is 30.3 Å². The fraction of sp³-hybridized carbons (Fsp3) is 0.280. The average Bonchev–Trinajstić information content (AvgIpc) is 3.33. The van der Waals surface area contributed by atoms with E-state index in [0.29, 0.717) is 35.9 Å². The summed E-state index contributed by atoms with van der Waals surface area (Å²) >= 11 is 0. The number of ether oxygens (including phenoxy) is 1. The van der Waals surface area contributed by atoms with Crippen molar-refractivity contribution >= 4 is 11.8 Å². The Kier molecular flexibility index (Phi) is 6.92. The highest BCUT2D eigenvalue weighted by molar-refractivity contribution is 5.94. The van der Waals surface area contributed by atoms with Gasteiger partial charge in [0.1, 0.15) is 11.6 Å². The van der Waals surface area contributed by atoms with E-state index in [0.717, 1.165) is 18.4 Å². The molecule has 1 N–H and O–H groups in total. The van der Waals surface area contributed by atoms with Crippen molar-refractivity contribution in [1.82, 2.24) is 20.2 Å². The molecule has 0 radical (unpaired) electrons. The first-order valence-electron chi connectivity index (χ1n) is 10.8. The Labute approximate surface area is 191 Å². The molecule has 2 amide bonds. The van der Waals surface area contributed by atoms with Gasteiger partial charge in [-0.1, -0.05) is 30.3 Å². The van der Waals surface area contributed by atoms with E-state index in [-0.39, 0.29) is 30.3 Å². The van der Waals surface area contributed by atoms with Crippen LogP contribution in [-0.2, 0) is 11.3 Å². The highest BCUT2D eigenvalue weighted by Crippen LogP contribution is 2.30. The van der Waals surface area contributed by atoms with Gasteiger partial charge < -0.3 is 15.0 Å². The quantitative estimate of drug-likeness (QED) is 0.597. The third-order valence-electron chi connectivity index (χ3n) is 5.59. The first-order valence-corrected chi connectivity index (χ1v) is 10.8. The molecule has 2 heterocycles. The number of benzene rings is 2. The van der Waals surface area contributed by atoms with E-state index in [1.54, 1.807) is 11.8 Å². The molecule has 1 aliphatic rings. The average molecular weight is 448 g/mol. The van der Waals surface area contributed by atoms with Crippen molar-refractivity contribution < 1.29 is 18.7 Å². The number of amides is 2. The molecule has 0 aliphatic carbocycles. The van der Waals surface area contributed by atoms with Crippen molar-refractivity contribution in [1.29, 1.82) is 0 Å². The predicted molar refractivity (Wildman–Crippen MR) is 120 cm³/mol. The summed E-state index contributed by atoms with van der Waals surface area (Å²) in [5.41, 5.74) is 1.97. The summed E-state index contributed by atoms with van der Waals surface area (Å²) in [6.45, 7) is 2.61. The van der Waals surface area contributed by atoms with Crippen LogP contribution < -0.4 is 10.1 Å². The number of hydrogen-bond donors (Lipinski definition) is 1. The number of halogens is 1. The monoisotopic (exact) mass is 448 g/mol. The van der Waals surface area contributed by atoms with Crippen LogP contribution >= 0.6 is 0 Å². The molecule has 7 nitrogen and oxygen atoms in total. The third kappa shape index (κ3) is 5.52. The molecule has 170 valence electrons. The van der Waals surface area contributed by atoms with Crippen LogP contribution in [0.5, 0.6) is 5.75 Å². The molecule has 2 aromatic carbocycles. The number of rotatable bonds is 7. The van der Waals surface area contributed by atoms with E-state index in [4.69, 9.17) is 4.74 Å². The summed E-state index contributed by atoms with van der Waals surface area (Å²) in [5, 5.41) is 2.88. The Morgan fingerprint density at radius 2 is 1.91 bits per heavy atom. The summed E-state index contributed by atoms with van der Waals surface area (Å²) in [4.78, 5) is 36.0. The second-order valence-corrected chi connectivity index (χ2v) is 7.88. The molecule has 1 fully saturated rings. The smallest absolute Gasteiger partial charge is 0.261 e. The number of aromatic nitrogens is 2. The van der Waals surface area contributed by atoms with Gasteiger partial charge >= 0.3 is 0 Å². The lowest BCUT2D eigenvalue weighted by atomic mass is 10.1. The first-order chi connectivity index (χ1) is 16.0. The van der Waals surface area contributed by atoms with Crippen molar-refractivity contribution in [3.8, 4) is 5.75 Å². The topological polar surface area (TPSA) is 84.4 Å². The summed E-state index contributed by atoms with van der Waals surface area (Å²) < 4.78 is 18.5. The lowest BCUT2D eigenvalue weighted by Crippen LogP contribution is -2.35. The molecule has 1 atom stereocenters. The number of nitrogens with one attached hydrogen (secondary N) is 1. The Morgan fingerprint density at radius 1 is 1.15 bits per heavy atom. The van der Waals surface area contributed by atoms with Gasteiger partial charge in [-0.25, -0.2) is 14.4 Å². The Bertz CT molecular complexity index is 1120. The van der Waals surface area contributed by atoms with Crippen LogP contribution in [0.4, 0.5) is 4.39 Å². The maximum atomic E-state index is 13.0. The van der Waals surface area contributed by atoms with Gasteiger partial charge in [0, 0.05) is 19.3 Å². The van der Waals surface area contributed by atoms with Crippen LogP contribution in [0.2, 0.25) is 0 Å². The van der Waals surface area contributed by atoms with Crippen LogP contribution in [-0.4, -0.2) is 39.8 Å². The SMILES string of the molecule is Cc1nc(C2CCCN2C(=O)COc2ccc(F)cc2)ncc1C(=O)NCc1ccccc1. The zero-order valence-corrected chi connectivity index (χ0v) is 18.3. The second kappa shape index (κ2) is 10.2. The van der Waals surface area contributed by atoms with E-state index in [2.05, 4.69) is 15.3 Å². The normalized spacial score (nSPS) is 15.3. The summed E-state index contributed by atoms with van der Waals surface area (Å²) in [7, 11) is 0. The Hall–Kier alpha value is -3.81. The van der Waals surface area contributed by atoms with E-state index >= 15 is 0 Å². The van der Waals surface area contributed by atoms with Gasteiger partial charge in [0.05, 0.1) is 17.3 Å². The molecule has 0 spiro atoms. The van der Waals surface area contributed by atoms with Gasteiger partial charge in [-0.15, -0.1) is 0 Å². The van der Waals surface area contributed by atoms with Crippen molar-refractivity contribution in [2.75, 3.05) is 13.2 Å². The maximum Gasteiger partial charge on any atom is 0.261 e. The number of carbonyl (C=O) groups is 2. The van der Waals surface area contributed by atoms with Gasteiger partial charge in [-0.05, 0) is 49.6 Å². The standard InChI is InChI=1S/C25H25FN4O3/c1-17-21(25(32)28-14-18-6-3-2-4-7-18)15-27-24(29-17)22-8-5-13-30(22)23(31)16-33-20-11-9-19(26)10-12-20/h2-4,6-7,9-12,15,22H,5,8,13-14,16H2,1H3,(H,28,32). The minimum atomic E-state index is -0.363. The Morgan fingerprint density at radius 3 is 2.64 bits per heavy atom. The molecule has 0 saturated carbocycles. The number of nitrogens with zero attached hydrogens (tertiary/aromatic N) is 3. The highest BCUT2D eigenvalue weighted by atomic mass is 19.1. The van der Waals surface area contributed by atoms with Crippen molar-refractivity contribution in [2.45, 2.75) is 32.4 Å². The summed E-state index contributed by atoms with van der Waals surface area (Å²) in [6, 6.07) is 14.9. The molecule has 1 unspecified atom stereocenters. The molecule has 1 aromatic heterocycles. The fourth-order valence-electron chi connectivity index (χ4n) is 3.83. The molecule has 4 rings (SSSR count). The van der Waals surface area contributed by atoms with Crippen LogP contribution in [0.3, 0.4) is 0 Å². The highest BCUT2D eigenvalue weighted by Gasteiger charge is 2.32. The van der Waals surface area contributed by atoms with Gasteiger partial charge in [0.15, 0.2) is 12.4 Å². The van der Waals surface area contributed by atoms with Crippen LogP contribution in [0.1, 0.15) is 46.3 Å². The number of carbonyl (C=O) groups excluding carboxylic acids is 2. The van der Waals surface area contributed by atoms with Crippen molar-refractivity contribution in [3.63, 3.8) is 0 Å². The van der Waals surface area contributed by atoms with Gasteiger partial charge in [-0.2, -0.15) is 0 Å². The fourth-order valence-corrected chi connectivity index (χ4v) is 3.83. The second-order valence-electron chi connectivity index (χ2n) is 7.88. The van der Waals surface area contributed by atoms with E-state index in [9.17, 15) is 14.0 Å². The largest absolute Gasteiger partial charge is 0.484 e. The minimum Gasteiger partial charge on any atom is -0.484 e. The zero-order valence-electron chi connectivity index (χ0n) is 18.3. The molecule has 33 heavy (non-hydrogen) atoms. The van der Waals surface area contributed by atoms with Gasteiger partial charge in [-0.3, -0.25) is 9.59 Å². The van der Waals surface area contributed by atoms with Crippen molar-refractivity contribution in [2.24, 2.45) is 0 Å². The van der Waals surface area contributed by atoms with Gasteiger partial charge in [0.25, 0.3) is 11.8 Å². The summed E-state index contributed by atoms with van der Waals surface area (Å²) in [6.07, 6.45) is 3.09. The molecule has 8 heteroatoms. The van der Waals surface area contributed by atoms with Crippen LogP contribution in [0.15, 0.2) is 60.8 Å². The molecule has 1 saturated heterocycles. The minimum absolute atomic E-state index is 0.152. The molecule has 1 aliphatic heterocycles. The number of likely N-dealkylation sites (tertiary alicyclic amines) is 1. The molecular formula is C25H25FN4O3. The number of aryl methyl sites for hydroxylation is 1. The molecule has 0 bridgehead atoms. The van der Waals surface area contributed by atoms with E-state index in [1.165, 1.54) is 30.5 Å². The lowest BCUT2D eigenvalue weighted by molar-refractivity contribution is -0.134. The molecular weight excluding hydrogens is 423 g/mol. The number of hydrogen-bond acceptors (Lipinski definition) is 5. The Balaban J connectivity index is 1.39. The van der Waals surface area contributed by atoms with Crippen LogP contribution in [0, 0.1) is 12.7 Å². The van der Waals surface area contributed by atoms with Crippen molar-refractivity contribution in [3.05, 3.63) is 89.3 Å². The zero-order chi connectivity index (χ0) is 23.2. The molecule has 3 aromatic rings. The maximum absolute atomic E-state index is 13.0. The third-order valence-corrected chi connectivity index (χ3v) is 5.59. The van der Waals surface area contributed by atoms with E-state index < -0.39 is 0 Å². The summed E-state index contributed by atoms with van der Waals surface area (Å²) in [5.74, 6) is 0.152. The van der Waals surface area contributed by atoms with Gasteiger partial charge in [0.2, 0.25) is 0 Å². The predicted octanol–water partition coefficient (Wildman–Crippen LogP) is 3.60. The lowest BCUT2D eigenvalue weighted by Gasteiger charge is -2.24. The van der Waals surface area contributed by atoms with Crippen LogP contribution in [0.25, 0.3) is 0 Å². The first kappa shape index (κ1) is 22.4.